The number of anilines is 1. The third kappa shape index (κ3) is 1.51. The summed E-state index contributed by atoms with van der Waals surface area (Å²) in [6.45, 7) is 0.574. The van der Waals surface area contributed by atoms with Crippen molar-refractivity contribution in [1.82, 2.24) is 0 Å². The monoisotopic (exact) mass is 204 g/mol. The number of nitriles is 1. The Morgan fingerprint density at radius 2 is 2.40 bits per heavy atom. The molecule has 0 spiro atoms. The van der Waals surface area contributed by atoms with Crippen molar-refractivity contribution in [2.24, 2.45) is 0 Å². The summed E-state index contributed by atoms with van der Waals surface area (Å²) in [5.41, 5.74) is 7.62. The summed E-state index contributed by atoms with van der Waals surface area (Å²) in [4.78, 5) is 0. The predicted octanol–water partition coefficient (Wildman–Crippen LogP) is 1.61. The predicted molar refractivity (Wildman–Crippen MR) is 55.4 cm³/mol. The number of nitrogens with two attached hydrogens (primary N) is 1. The minimum Gasteiger partial charge on any atom is -0.491 e. The minimum absolute atomic E-state index is 0.0174. The quantitative estimate of drug-likeness (QED) is 0.705. The standard InChI is InChI=1S/C11H12N2O2/c1-14-9-4-5-15-11-8(9)3-2-7(6-12)10(11)13/h2-3,9H,4-5,13H2,1H3. The molecule has 4 nitrogen and oxygen atoms in total. The van der Waals surface area contributed by atoms with Gasteiger partial charge >= 0.3 is 0 Å². The Labute approximate surface area is 88.2 Å². The molecule has 4 heteroatoms. The smallest absolute Gasteiger partial charge is 0.149 e. The summed E-state index contributed by atoms with van der Waals surface area (Å²) in [6, 6.07) is 5.58. The fraction of sp³-hybridized carbons (Fsp3) is 0.364. The molecule has 0 aliphatic carbocycles. The third-order valence-corrected chi connectivity index (χ3v) is 2.60. The van der Waals surface area contributed by atoms with E-state index in [4.69, 9.17) is 20.5 Å². The van der Waals surface area contributed by atoms with Gasteiger partial charge in [0, 0.05) is 19.1 Å². The summed E-state index contributed by atoms with van der Waals surface area (Å²) in [6.07, 6.45) is 0.832. The van der Waals surface area contributed by atoms with Gasteiger partial charge in [0.1, 0.15) is 11.8 Å². The van der Waals surface area contributed by atoms with Gasteiger partial charge in [0.25, 0.3) is 0 Å². The zero-order valence-corrected chi connectivity index (χ0v) is 8.49. The number of rotatable bonds is 1. The van der Waals surface area contributed by atoms with E-state index in [-0.39, 0.29) is 6.10 Å². The molecule has 1 atom stereocenters. The SMILES string of the molecule is COC1CCOc2c1ccc(C#N)c2N. The van der Waals surface area contributed by atoms with Crippen LogP contribution in [0.1, 0.15) is 23.7 Å². The molecule has 1 aromatic rings. The number of hydrogen-bond acceptors (Lipinski definition) is 4. The van der Waals surface area contributed by atoms with E-state index in [1.54, 1.807) is 13.2 Å². The fourth-order valence-corrected chi connectivity index (χ4v) is 1.80. The highest BCUT2D eigenvalue weighted by molar-refractivity contribution is 5.67. The Morgan fingerprint density at radius 3 is 3.07 bits per heavy atom. The van der Waals surface area contributed by atoms with Gasteiger partial charge in [-0.3, -0.25) is 0 Å². The van der Waals surface area contributed by atoms with Gasteiger partial charge in [-0.2, -0.15) is 5.26 Å². The van der Waals surface area contributed by atoms with E-state index in [0.29, 0.717) is 23.6 Å². The van der Waals surface area contributed by atoms with Crippen molar-refractivity contribution in [3.05, 3.63) is 23.3 Å². The Bertz CT molecular complexity index is 423. The van der Waals surface area contributed by atoms with E-state index in [2.05, 4.69) is 0 Å². The molecule has 1 unspecified atom stereocenters. The zero-order valence-electron chi connectivity index (χ0n) is 8.49. The van der Waals surface area contributed by atoms with Crippen molar-refractivity contribution >= 4 is 5.69 Å². The van der Waals surface area contributed by atoms with Gasteiger partial charge in [-0.25, -0.2) is 0 Å². The van der Waals surface area contributed by atoms with Crippen LogP contribution in [0.15, 0.2) is 12.1 Å². The number of ether oxygens (including phenoxy) is 2. The Balaban J connectivity index is 2.53. The molecule has 1 aliphatic heterocycles. The number of fused-ring (bicyclic) bond motifs is 1. The first-order chi connectivity index (χ1) is 7.27. The highest BCUT2D eigenvalue weighted by Crippen LogP contribution is 2.39. The van der Waals surface area contributed by atoms with Crippen molar-refractivity contribution in [3.63, 3.8) is 0 Å². The minimum atomic E-state index is 0.0174. The molecule has 78 valence electrons. The molecule has 0 aromatic heterocycles. The lowest BCUT2D eigenvalue weighted by Crippen LogP contribution is -2.17. The van der Waals surface area contributed by atoms with E-state index < -0.39 is 0 Å². The number of benzene rings is 1. The molecular weight excluding hydrogens is 192 g/mol. The largest absolute Gasteiger partial charge is 0.491 e. The number of hydrogen-bond donors (Lipinski definition) is 1. The van der Waals surface area contributed by atoms with Crippen molar-refractivity contribution in [3.8, 4) is 11.8 Å². The molecule has 0 fully saturated rings. The highest BCUT2D eigenvalue weighted by atomic mass is 16.5. The van der Waals surface area contributed by atoms with Gasteiger partial charge in [0.05, 0.1) is 24.0 Å². The number of nitrogen functional groups attached to an aromatic ring is 1. The molecule has 2 N–H and O–H groups in total. The van der Waals surface area contributed by atoms with Gasteiger partial charge in [0.15, 0.2) is 0 Å². The van der Waals surface area contributed by atoms with Crippen LogP contribution in [0.2, 0.25) is 0 Å². The van der Waals surface area contributed by atoms with Crippen LogP contribution < -0.4 is 10.5 Å². The third-order valence-electron chi connectivity index (χ3n) is 2.60. The van der Waals surface area contributed by atoms with Crippen LogP contribution in [-0.2, 0) is 4.74 Å². The summed E-state index contributed by atoms with van der Waals surface area (Å²) in [7, 11) is 1.66. The van der Waals surface area contributed by atoms with Crippen LogP contribution in [0.4, 0.5) is 5.69 Å². The van der Waals surface area contributed by atoms with Crippen LogP contribution in [0, 0.1) is 11.3 Å². The molecule has 0 saturated carbocycles. The van der Waals surface area contributed by atoms with Crippen LogP contribution in [-0.4, -0.2) is 13.7 Å². The molecule has 0 saturated heterocycles. The molecule has 15 heavy (non-hydrogen) atoms. The van der Waals surface area contributed by atoms with Crippen molar-refractivity contribution in [1.29, 1.82) is 5.26 Å². The maximum absolute atomic E-state index is 8.83. The van der Waals surface area contributed by atoms with Gasteiger partial charge in [0.2, 0.25) is 0 Å². The van der Waals surface area contributed by atoms with Crippen molar-refractivity contribution in [2.45, 2.75) is 12.5 Å². The van der Waals surface area contributed by atoms with Gasteiger partial charge in [-0.05, 0) is 6.07 Å². The summed E-state index contributed by atoms with van der Waals surface area (Å²) >= 11 is 0. The first-order valence-electron chi connectivity index (χ1n) is 4.76. The maximum atomic E-state index is 8.83. The Morgan fingerprint density at radius 1 is 1.60 bits per heavy atom. The molecule has 0 amide bonds. The number of nitrogens with zero attached hydrogens (tertiary/aromatic N) is 1. The van der Waals surface area contributed by atoms with Crippen molar-refractivity contribution < 1.29 is 9.47 Å². The average Bonchev–Trinajstić information content (AvgIpc) is 2.29. The van der Waals surface area contributed by atoms with E-state index in [1.165, 1.54) is 0 Å². The molecular formula is C11H12N2O2. The van der Waals surface area contributed by atoms with Crippen LogP contribution >= 0.6 is 0 Å². The topological polar surface area (TPSA) is 68.3 Å². The Hall–Kier alpha value is -1.73. The second-order valence-electron chi connectivity index (χ2n) is 3.42. The fourth-order valence-electron chi connectivity index (χ4n) is 1.80. The lowest BCUT2D eigenvalue weighted by atomic mass is 10.00. The first kappa shape index (κ1) is 9.81. The second-order valence-corrected chi connectivity index (χ2v) is 3.42. The average molecular weight is 204 g/mol. The normalized spacial score (nSPS) is 18.8. The Kier molecular flexibility index (Phi) is 2.48. The van der Waals surface area contributed by atoms with Gasteiger partial charge in [-0.1, -0.05) is 6.07 Å². The number of methoxy groups -OCH3 is 1. The van der Waals surface area contributed by atoms with Crippen LogP contribution in [0.3, 0.4) is 0 Å². The van der Waals surface area contributed by atoms with Gasteiger partial charge in [-0.15, -0.1) is 0 Å². The lowest BCUT2D eigenvalue weighted by Gasteiger charge is -2.26. The lowest BCUT2D eigenvalue weighted by molar-refractivity contribution is 0.0640. The van der Waals surface area contributed by atoms with Crippen LogP contribution in [0.25, 0.3) is 0 Å². The first-order valence-corrected chi connectivity index (χ1v) is 4.76. The summed E-state index contributed by atoms with van der Waals surface area (Å²) in [5, 5.41) is 8.83. The molecule has 1 heterocycles. The van der Waals surface area contributed by atoms with Gasteiger partial charge < -0.3 is 15.2 Å². The highest BCUT2D eigenvalue weighted by Gasteiger charge is 2.24. The molecule has 0 bridgehead atoms. The molecule has 2 rings (SSSR count). The molecule has 1 aromatic carbocycles. The second kappa shape index (κ2) is 3.79. The van der Waals surface area contributed by atoms with E-state index in [9.17, 15) is 0 Å². The summed E-state index contributed by atoms with van der Waals surface area (Å²) < 4.78 is 10.8. The van der Waals surface area contributed by atoms with E-state index >= 15 is 0 Å². The summed E-state index contributed by atoms with van der Waals surface area (Å²) in [5.74, 6) is 0.604. The van der Waals surface area contributed by atoms with E-state index in [1.807, 2.05) is 12.1 Å². The van der Waals surface area contributed by atoms with E-state index in [0.717, 1.165) is 12.0 Å². The van der Waals surface area contributed by atoms with Crippen LogP contribution in [0.5, 0.6) is 5.75 Å². The van der Waals surface area contributed by atoms with Crippen molar-refractivity contribution in [2.75, 3.05) is 19.5 Å². The molecule has 0 radical (unpaired) electrons. The molecule has 1 aliphatic rings. The maximum Gasteiger partial charge on any atom is 0.149 e. The zero-order chi connectivity index (χ0) is 10.8.